The molecule has 0 aliphatic heterocycles. The number of nitrogens with zero attached hydrogens (tertiary/aromatic N) is 1. The molecule has 0 unspecified atom stereocenters. The third kappa shape index (κ3) is 2.56. The Morgan fingerprint density at radius 2 is 1.88 bits per heavy atom. The number of carbonyl (C=O) groups excluding carboxylic acids is 1. The van der Waals surface area contributed by atoms with E-state index in [9.17, 15) is 9.59 Å². The third-order valence-electron chi connectivity index (χ3n) is 4.90. The van der Waals surface area contributed by atoms with Crippen LogP contribution in [-0.2, 0) is 24.6 Å². The highest BCUT2D eigenvalue weighted by atomic mass is 16.5. The van der Waals surface area contributed by atoms with Crippen LogP contribution in [0.15, 0.2) is 47.3 Å². The van der Waals surface area contributed by atoms with Gasteiger partial charge in [-0.15, -0.1) is 0 Å². The molecule has 0 amide bonds. The number of hydrogen-bond donors (Lipinski definition) is 1. The fraction of sp³-hybridized carbons (Fsp3) is 0.238. The van der Waals surface area contributed by atoms with Gasteiger partial charge in [0.2, 0.25) is 0 Å². The SMILES string of the molecule is CCOC(=O)c1cc2c(n1C)-c1[nH]c(=O)c(-c3ccccc3)cc1CC2. The molecule has 1 N–H and O–H groups in total. The number of carbonyl (C=O) groups is 1. The molecular weight excluding hydrogens is 328 g/mol. The number of aromatic amines is 1. The van der Waals surface area contributed by atoms with Crippen LogP contribution in [0.25, 0.3) is 22.5 Å². The number of esters is 1. The minimum Gasteiger partial charge on any atom is -0.461 e. The van der Waals surface area contributed by atoms with Crippen molar-refractivity contribution in [2.45, 2.75) is 19.8 Å². The van der Waals surface area contributed by atoms with Gasteiger partial charge in [0.1, 0.15) is 5.69 Å². The predicted molar refractivity (Wildman–Crippen MR) is 100 cm³/mol. The zero-order valence-corrected chi connectivity index (χ0v) is 14.8. The molecule has 1 aliphatic carbocycles. The summed E-state index contributed by atoms with van der Waals surface area (Å²) < 4.78 is 6.97. The number of H-pyrrole nitrogens is 1. The van der Waals surface area contributed by atoms with Crippen molar-refractivity contribution in [3.8, 4) is 22.5 Å². The lowest BCUT2D eigenvalue weighted by Crippen LogP contribution is -2.17. The summed E-state index contributed by atoms with van der Waals surface area (Å²) in [5.74, 6) is -0.339. The number of hydrogen-bond acceptors (Lipinski definition) is 3. The smallest absolute Gasteiger partial charge is 0.354 e. The van der Waals surface area contributed by atoms with Gasteiger partial charge < -0.3 is 14.3 Å². The van der Waals surface area contributed by atoms with Crippen LogP contribution in [0.3, 0.4) is 0 Å². The Labute approximate surface area is 151 Å². The number of aromatic nitrogens is 2. The zero-order chi connectivity index (χ0) is 18.3. The highest BCUT2D eigenvalue weighted by Crippen LogP contribution is 2.34. The molecule has 1 aliphatic rings. The van der Waals surface area contributed by atoms with E-state index in [2.05, 4.69) is 4.98 Å². The van der Waals surface area contributed by atoms with Crippen molar-refractivity contribution in [1.29, 1.82) is 0 Å². The molecule has 4 rings (SSSR count). The Bertz CT molecular complexity index is 1050. The number of rotatable bonds is 3. The molecule has 0 atom stereocenters. The summed E-state index contributed by atoms with van der Waals surface area (Å²) in [4.78, 5) is 27.9. The number of nitrogens with one attached hydrogen (secondary N) is 1. The molecule has 0 saturated heterocycles. The van der Waals surface area contributed by atoms with Crippen LogP contribution in [0.2, 0.25) is 0 Å². The lowest BCUT2D eigenvalue weighted by Gasteiger charge is -2.19. The number of ether oxygens (including phenoxy) is 1. The van der Waals surface area contributed by atoms with Crippen molar-refractivity contribution in [3.63, 3.8) is 0 Å². The van der Waals surface area contributed by atoms with E-state index in [4.69, 9.17) is 4.74 Å². The first-order valence-electron chi connectivity index (χ1n) is 8.78. The maximum Gasteiger partial charge on any atom is 0.354 e. The molecular formula is C21H20N2O3. The molecule has 2 aromatic heterocycles. The topological polar surface area (TPSA) is 64.1 Å². The van der Waals surface area contributed by atoms with Crippen molar-refractivity contribution in [3.05, 3.63) is 69.6 Å². The quantitative estimate of drug-likeness (QED) is 0.739. The first-order valence-corrected chi connectivity index (χ1v) is 8.78. The second-order valence-electron chi connectivity index (χ2n) is 6.46. The molecule has 5 heteroatoms. The summed E-state index contributed by atoms with van der Waals surface area (Å²) in [5.41, 5.74) is 5.81. The van der Waals surface area contributed by atoms with Gasteiger partial charge in [0.15, 0.2) is 0 Å². The van der Waals surface area contributed by atoms with Crippen LogP contribution in [0.5, 0.6) is 0 Å². The lowest BCUT2D eigenvalue weighted by molar-refractivity contribution is 0.0515. The van der Waals surface area contributed by atoms with E-state index in [0.29, 0.717) is 17.9 Å². The summed E-state index contributed by atoms with van der Waals surface area (Å²) in [6.07, 6.45) is 1.65. The number of fused-ring (bicyclic) bond motifs is 3. The van der Waals surface area contributed by atoms with E-state index < -0.39 is 0 Å². The van der Waals surface area contributed by atoms with Crippen LogP contribution in [0, 0.1) is 0 Å². The van der Waals surface area contributed by atoms with Gasteiger partial charge in [-0.05, 0) is 48.6 Å². The number of benzene rings is 1. The zero-order valence-electron chi connectivity index (χ0n) is 14.8. The van der Waals surface area contributed by atoms with Gasteiger partial charge in [0, 0.05) is 12.6 Å². The minimum atomic E-state index is -0.339. The van der Waals surface area contributed by atoms with E-state index >= 15 is 0 Å². The van der Waals surface area contributed by atoms with Gasteiger partial charge >= 0.3 is 5.97 Å². The van der Waals surface area contributed by atoms with Crippen molar-refractivity contribution in [2.75, 3.05) is 6.61 Å². The fourth-order valence-corrected chi connectivity index (χ4v) is 3.67. The van der Waals surface area contributed by atoms with Crippen LogP contribution >= 0.6 is 0 Å². The molecule has 0 bridgehead atoms. The Balaban J connectivity index is 1.85. The summed E-state index contributed by atoms with van der Waals surface area (Å²) >= 11 is 0. The van der Waals surface area contributed by atoms with Crippen LogP contribution in [-0.4, -0.2) is 22.1 Å². The summed E-state index contributed by atoms with van der Waals surface area (Å²) in [6.45, 7) is 2.13. The Kier molecular flexibility index (Phi) is 3.99. The number of pyridine rings is 1. The average Bonchev–Trinajstić information content (AvgIpc) is 2.99. The molecule has 0 fully saturated rings. The van der Waals surface area contributed by atoms with Gasteiger partial charge in [-0.25, -0.2) is 4.79 Å². The van der Waals surface area contributed by atoms with Gasteiger partial charge in [0.25, 0.3) is 5.56 Å². The Morgan fingerprint density at radius 1 is 1.15 bits per heavy atom. The minimum absolute atomic E-state index is 0.123. The van der Waals surface area contributed by atoms with E-state index in [-0.39, 0.29) is 11.5 Å². The van der Waals surface area contributed by atoms with E-state index in [1.807, 2.05) is 54.1 Å². The Morgan fingerprint density at radius 3 is 2.62 bits per heavy atom. The summed E-state index contributed by atoms with van der Waals surface area (Å²) in [5, 5.41) is 0. The first kappa shape index (κ1) is 16.4. The van der Waals surface area contributed by atoms with Crippen molar-refractivity contribution in [1.82, 2.24) is 9.55 Å². The highest BCUT2D eigenvalue weighted by molar-refractivity contribution is 5.90. The maximum absolute atomic E-state index is 12.7. The van der Waals surface area contributed by atoms with Crippen LogP contribution < -0.4 is 5.56 Å². The normalized spacial score (nSPS) is 12.4. The maximum atomic E-state index is 12.7. The number of aryl methyl sites for hydroxylation is 2. The molecule has 0 spiro atoms. The average molecular weight is 348 g/mol. The molecule has 3 aromatic rings. The predicted octanol–water partition coefficient (Wildman–Crippen LogP) is 3.32. The summed E-state index contributed by atoms with van der Waals surface area (Å²) in [7, 11) is 1.84. The molecule has 0 radical (unpaired) electrons. The Hall–Kier alpha value is -3.08. The molecule has 132 valence electrons. The standard InChI is InChI=1S/C21H20N2O3/c1-3-26-21(25)17-12-15-10-9-14-11-16(13-7-5-4-6-8-13)20(24)22-18(14)19(15)23(17)2/h4-8,11-12H,3,9-10H2,1-2H3,(H,22,24). The van der Waals surface area contributed by atoms with Crippen molar-refractivity contribution >= 4 is 5.97 Å². The van der Waals surface area contributed by atoms with E-state index in [1.165, 1.54) is 0 Å². The second kappa shape index (κ2) is 6.33. The second-order valence-corrected chi connectivity index (χ2v) is 6.46. The molecule has 26 heavy (non-hydrogen) atoms. The van der Waals surface area contributed by atoms with Crippen molar-refractivity contribution < 1.29 is 9.53 Å². The van der Waals surface area contributed by atoms with Gasteiger partial charge in [-0.3, -0.25) is 4.79 Å². The lowest BCUT2D eigenvalue weighted by atomic mass is 9.92. The molecule has 1 aromatic carbocycles. The van der Waals surface area contributed by atoms with Gasteiger partial charge in [-0.2, -0.15) is 0 Å². The molecule has 2 heterocycles. The van der Waals surface area contributed by atoms with E-state index in [1.54, 1.807) is 6.92 Å². The summed E-state index contributed by atoms with van der Waals surface area (Å²) in [6, 6.07) is 13.5. The third-order valence-corrected chi connectivity index (χ3v) is 4.90. The van der Waals surface area contributed by atoms with Gasteiger partial charge in [0.05, 0.1) is 18.0 Å². The van der Waals surface area contributed by atoms with Gasteiger partial charge in [-0.1, -0.05) is 30.3 Å². The van der Waals surface area contributed by atoms with Crippen molar-refractivity contribution in [2.24, 2.45) is 7.05 Å². The monoisotopic (exact) mass is 348 g/mol. The van der Waals surface area contributed by atoms with Crippen LogP contribution in [0.1, 0.15) is 28.5 Å². The molecule has 0 saturated carbocycles. The highest BCUT2D eigenvalue weighted by Gasteiger charge is 2.26. The molecule has 5 nitrogen and oxygen atoms in total. The first-order chi connectivity index (χ1) is 12.6. The largest absolute Gasteiger partial charge is 0.461 e. The fourth-order valence-electron chi connectivity index (χ4n) is 3.67. The van der Waals surface area contributed by atoms with Crippen LogP contribution in [0.4, 0.5) is 0 Å². The van der Waals surface area contributed by atoms with E-state index in [0.717, 1.165) is 40.9 Å².